The number of hydrogen-bond acceptors (Lipinski definition) is 7. The van der Waals surface area contributed by atoms with Gasteiger partial charge in [-0.25, -0.2) is 9.67 Å². The summed E-state index contributed by atoms with van der Waals surface area (Å²) in [7, 11) is 3.24. The Morgan fingerprint density at radius 1 is 1.03 bits per heavy atom. The minimum absolute atomic E-state index is 0.320. The van der Waals surface area contributed by atoms with Crippen molar-refractivity contribution in [2.45, 2.75) is 58.3 Å². The number of methoxy groups -OCH3 is 2. The lowest BCUT2D eigenvalue weighted by Gasteiger charge is -2.27. The molecule has 0 aliphatic rings. The molecular weight excluding hydrogens is 451 g/mol. The fraction of sp³-hybridized carbons (Fsp3) is 0.458. The predicted molar refractivity (Wildman–Crippen MR) is 127 cm³/mol. The van der Waals surface area contributed by atoms with Gasteiger partial charge in [0.1, 0.15) is 5.82 Å². The van der Waals surface area contributed by atoms with Crippen LogP contribution in [0.4, 0.5) is 4.39 Å². The Labute approximate surface area is 203 Å². The zero-order valence-electron chi connectivity index (χ0n) is 20.5. The molecule has 0 atom stereocenters. The molecule has 35 heavy (non-hydrogen) atoms. The van der Waals surface area contributed by atoms with Crippen LogP contribution in [0.5, 0.6) is 0 Å². The molecule has 10 nitrogen and oxygen atoms in total. The topological polar surface area (TPSA) is 109 Å². The summed E-state index contributed by atoms with van der Waals surface area (Å²) < 4.78 is 29.4. The lowest BCUT2D eigenvalue weighted by atomic mass is 10.1. The summed E-state index contributed by atoms with van der Waals surface area (Å²) >= 11 is 0. The maximum absolute atomic E-state index is 14.6. The van der Waals surface area contributed by atoms with Crippen molar-refractivity contribution >= 4 is 0 Å². The van der Waals surface area contributed by atoms with Gasteiger partial charge in [0.15, 0.2) is 5.95 Å². The standard InChI is InChI=1S/C24H31FN8O2/c1-5-7-8-21-26-23(24(34-3,35-4)15-6-2)29-32(21)16-17-9-11-18(12-10-17)33-19(13-14-20(33)25)22-27-30-31-28-22/h9-14H,5-8,15-16H2,1-4H3,(H,27,28,30,31). The average molecular weight is 483 g/mol. The number of aryl methyl sites for hydroxylation is 1. The molecule has 1 N–H and O–H groups in total. The molecule has 0 aliphatic carbocycles. The first-order chi connectivity index (χ1) is 17.0. The number of H-pyrrole nitrogens is 1. The number of halogens is 1. The number of aromatic amines is 1. The van der Waals surface area contributed by atoms with Gasteiger partial charge >= 0.3 is 0 Å². The second kappa shape index (κ2) is 10.9. The zero-order valence-corrected chi connectivity index (χ0v) is 20.5. The zero-order chi connectivity index (χ0) is 24.8. The van der Waals surface area contributed by atoms with E-state index >= 15 is 0 Å². The number of rotatable bonds is 12. The highest BCUT2D eigenvalue weighted by Gasteiger charge is 2.36. The number of tetrazole rings is 1. The maximum Gasteiger partial charge on any atom is 0.231 e. The van der Waals surface area contributed by atoms with Gasteiger partial charge < -0.3 is 9.47 Å². The smallest absolute Gasteiger partial charge is 0.231 e. The van der Waals surface area contributed by atoms with Crippen LogP contribution in [-0.2, 0) is 28.2 Å². The third kappa shape index (κ3) is 5.01. The average Bonchev–Trinajstić information content (AvgIpc) is 3.62. The Kier molecular flexibility index (Phi) is 7.67. The molecule has 1 aromatic carbocycles. The van der Waals surface area contributed by atoms with Crippen molar-refractivity contribution in [2.75, 3.05) is 14.2 Å². The van der Waals surface area contributed by atoms with E-state index in [1.54, 1.807) is 20.3 Å². The minimum Gasteiger partial charge on any atom is -0.347 e. The third-order valence-corrected chi connectivity index (χ3v) is 6.02. The third-order valence-electron chi connectivity index (χ3n) is 6.02. The number of nitrogens with one attached hydrogen (secondary N) is 1. The molecule has 0 spiro atoms. The Hall–Kier alpha value is -3.44. The van der Waals surface area contributed by atoms with E-state index in [0.717, 1.165) is 37.1 Å². The molecule has 0 radical (unpaired) electrons. The van der Waals surface area contributed by atoms with E-state index in [9.17, 15) is 4.39 Å². The van der Waals surface area contributed by atoms with Gasteiger partial charge in [-0.05, 0) is 41.5 Å². The quantitative estimate of drug-likeness (QED) is 0.304. The minimum atomic E-state index is -0.970. The molecule has 3 heterocycles. The van der Waals surface area contributed by atoms with Crippen LogP contribution < -0.4 is 0 Å². The van der Waals surface area contributed by atoms with Crippen LogP contribution in [0.25, 0.3) is 17.2 Å². The van der Waals surface area contributed by atoms with Gasteiger partial charge in [0.2, 0.25) is 17.4 Å². The summed E-state index contributed by atoms with van der Waals surface area (Å²) in [6, 6.07) is 10.6. The molecule has 4 rings (SSSR count). The van der Waals surface area contributed by atoms with E-state index in [1.165, 1.54) is 10.6 Å². The lowest BCUT2D eigenvalue weighted by molar-refractivity contribution is -0.225. The second-order valence-electron chi connectivity index (χ2n) is 8.30. The van der Waals surface area contributed by atoms with Crippen LogP contribution in [-0.4, -0.2) is 54.2 Å². The predicted octanol–water partition coefficient (Wildman–Crippen LogP) is 4.02. The molecule has 4 aromatic rings. The van der Waals surface area contributed by atoms with E-state index < -0.39 is 11.7 Å². The van der Waals surface area contributed by atoms with Crippen molar-refractivity contribution in [3.63, 3.8) is 0 Å². The van der Waals surface area contributed by atoms with Gasteiger partial charge in [0, 0.05) is 32.7 Å². The van der Waals surface area contributed by atoms with Gasteiger partial charge in [-0.3, -0.25) is 4.57 Å². The summed E-state index contributed by atoms with van der Waals surface area (Å²) in [5, 5.41) is 18.7. The van der Waals surface area contributed by atoms with Gasteiger partial charge in [-0.1, -0.05) is 38.8 Å². The summed E-state index contributed by atoms with van der Waals surface area (Å²) in [6.07, 6.45) is 4.38. The fourth-order valence-corrected chi connectivity index (χ4v) is 4.14. The number of aromatic nitrogens is 8. The highest BCUT2D eigenvalue weighted by Crippen LogP contribution is 2.29. The van der Waals surface area contributed by atoms with E-state index in [0.29, 0.717) is 36.0 Å². The van der Waals surface area contributed by atoms with Crippen LogP contribution in [0, 0.1) is 5.95 Å². The van der Waals surface area contributed by atoms with Crippen LogP contribution in [0.2, 0.25) is 0 Å². The number of benzene rings is 1. The number of nitrogens with zero attached hydrogens (tertiary/aromatic N) is 7. The van der Waals surface area contributed by atoms with Crippen molar-refractivity contribution in [1.82, 2.24) is 40.0 Å². The van der Waals surface area contributed by atoms with Crippen molar-refractivity contribution in [1.29, 1.82) is 0 Å². The maximum atomic E-state index is 14.6. The first kappa shape index (κ1) is 24.7. The second-order valence-corrected chi connectivity index (χ2v) is 8.30. The largest absolute Gasteiger partial charge is 0.347 e. The van der Waals surface area contributed by atoms with Gasteiger partial charge in [0.25, 0.3) is 0 Å². The molecule has 0 amide bonds. The Morgan fingerprint density at radius 3 is 2.43 bits per heavy atom. The van der Waals surface area contributed by atoms with Gasteiger partial charge in [0.05, 0.1) is 12.2 Å². The first-order valence-electron chi connectivity index (χ1n) is 11.8. The molecule has 3 aromatic heterocycles. The van der Waals surface area contributed by atoms with Crippen LogP contribution in [0.1, 0.15) is 56.7 Å². The Balaban J connectivity index is 1.62. The molecule has 0 bridgehead atoms. The highest BCUT2D eigenvalue weighted by molar-refractivity contribution is 5.55. The molecule has 0 saturated carbocycles. The monoisotopic (exact) mass is 482 g/mol. The molecular formula is C24H31FN8O2. The summed E-state index contributed by atoms with van der Waals surface area (Å²) in [4.78, 5) is 4.81. The van der Waals surface area contributed by atoms with Crippen LogP contribution in [0.15, 0.2) is 36.4 Å². The van der Waals surface area contributed by atoms with Crippen molar-refractivity contribution in [3.8, 4) is 17.2 Å². The summed E-state index contributed by atoms with van der Waals surface area (Å²) in [6.45, 7) is 4.74. The molecule has 186 valence electrons. The normalized spacial score (nSPS) is 11.9. The van der Waals surface area contributed by atoms with Crippen molar-refractivity contribution < 1.29 is 13.9 Å². The van der Waals surface area contributed by atoms with Gasteiger partial charge in [-0.2, -0.15) is 9.60 Å². The number of unbranched alkanes of at least 4 members (excludes halogenated alkanes) is 1. The van der Waals surface area contributed by atoms with Crippen LogP contribution >= 0.6 is 0 Å². The highest BCUT2D eigenvalue weighted by atomic mass is 19.1. The summed E-state index contributed by atoms with van der Waals surface area (Å²) in [5.74, 6) is 0.359. The SMILES string of the molecule is CCCCc1nc(C(CCC)(OC)OC)nn1Cc1ccc(-n2c(F)ccc2-c2nn[nH]n2)cc1. The molecule has 0 saturated heterocycles. The van der Waals surface area contributed by atoms with E-state index in [-0.39, 0.29) is 0 Å². The Bertz CT molecular complexity index is 1210. The number of hydrogen-bond donors (Lipinski definition) is 1. The Morgan fingerprint density at radius 2 is 1.80 bits per heavy atom. The van der Waals surface area contributed by atoms with E-state index in [1.807, 2.05) is 28.9 Å². The fourth-order valence-electron chi connectivity index (χ4n) is 4.14. The van der Waals surface area contributed by atoms with Crippen LogP contribution in [0.3, 0.4) is 0 Å². The lowest BCUT2D eigenvalue weighted by Crippen LogP contribution is -2.32. The van der Waals surface area contributed by atoms with E-state index in [4.69, 9.17) is 19.6 Å². The first-order valence-corrected chi connectivity index (χ1v) is 11.8. The molecule has 0 fully saturated rings. The molecule has 0 aliphatic heterocycles. The molecule has 0 unspecified atom stereocenters. The summed E-state index contributed by atoms with van der Waals surface area (Å²) in [5.41, 5.74) is 2.17. The molecule has 11 heteroatoms. The van der Waals surface area contributed by atoms with E-state index in [2.05, 4.69) is 34.5 Å². The van der Waals surface area contributed by atoms with Crippen molar-refractivity contribution in [2.24, 2.45) is 0 Å². The van der Waals surface area contributed by atoms with Gasteiger partial charge in [-0.15, -0.1) is 15.3 Å². The number of ether oxygens (including phenoxy) is 2. The van der Waals surface area contributed by atoms with Crippen molar-refractivity contribution in [3.05, 3.63) is 59.6 Å².